The van der Waals surface area contributed by atoms with E-state index in [1.807, 2.05) is 0 Å². The molecular formula is C9H13B3F2N2O5. The zero-order valence-corrected chi connectivity index (χ0v) is 11.7. The number of H-pyrrole nitrogens is 1. The predicted octanol–water partition coefficient (Wildman–Crippen LogP) is -4.72. The van der Waals surface area contributed by atoms with Crippen LogP contribution in [0.15, 0.2) is 15.8 Å². The second-order valence-corrected chi connectivity index (χ2v) is 5.77. The molecule has 1 aromatic heterocycles. The minimum atomic E-state index is -2.65. The van der Waals surface area contributed by atoms with Gasteiger partial charge in [-0.15, -0.1) is 0 Å². The molecule has 2 heterocycles. The molecule has 0 radical (unpaired) electrons. The number of nitrogens with one attached hydrogen (secondary N) is 1. The predicted molar refractivity (Wildman–Crippen MR) is 75.4 cm³/mol. The molecule has 0 unspecified atom stereocenters. The number of aliphatic hydroxyl groups excluding tert-OH is 1. The summed E-state index contributed by atoms with van der Waals surface area (Å²) in [5.41, 5.74) is -4.28. The van der Waals surface area contributed by atoms with Crippen LogP contribution in [0.2, 0.25) is 0 Å². The van der Waals surface area contributed by atoms with Crippen LogP contribution in [0.1, 0.15) is 6.42 Å². The van der Waals surface area contributed by atoms with Gasteiger partial charge in [-0.3, -0.25) is 14.3 Å². The third kappa shape index (κ3) is 2.36. The first-order valence-electron chi connectivity index (χ1n) is 6.22. The lowest BCUT2D eigenvalue weighted by atomic mass is 9.60. The number of rotatable bonds is 2. The summed E-state index contributed by atoms with van der Waals surface area (Å²) in [6.07, 6.45) is -1.64. The van der Waals surface area contributed by atoms with Crippen molar-refractivity contribution in [3.8, 4) is 0 Å². The Morgan fingerprint density at radius 3 is 2.57 bits per heavy atom. The summed E-state index contributed by atoms with van der Waals surface area (Å²) in [6, 6.07) is 0. The molecule has 1 fully saturated rings. The van der Waals surface area contributed by atoms with E-state index in [0.717, 1.165) is 23.5 Å². The van der Waals surface area contributed by atoms with Crippen molar-refractivity contribution < 1.29 is 23.7 Å². The molecule has 0 amide bonds. The van der Waals surface area contributed by atoms with Crippen LogP contribution in [-0.4, -0.2) is 60.7 Å². The maximum atomic E-state index is 14.6. The second kappa shape index (κ2) is 4.55. The normalized spacial score (nSPS) is 33.2. The van der Waals surface area contributed by atoms with Crippen LogP contribution >= 0.6 is 0 Å². The monoisotopic (exact) mass is 300 g/mol. The zero-order valence-electron chi connectivity index (χ0n) is 11.7. The van der Waals surface area contributed by atoms with E-state index in [0.29, 0.717) is 10.8 Å². The van der Waals surface area contributed by atoms with Crippen molar-refractivity contribution in [1.29, 1.82) is 0 Å². The molecule has 2 rings (SSSR count). The van der Waals surface area contributed by atoms with Gasteiger partial charge in [0.1, 0.15) is 21.3 Å². The number of nitrogens with zero attached hydrogens (tertiary/aromatic N) is 1. The number of halogens is 2. The highest BCUT2D eigenvalue weighted by molar-refractivity contribution is 6.39. The maximum absolute atomic E-state index is 14.6. The van der Waals surface area contributed by atoms with E-state index in [4.69, 9.17) is 4.74 Å². The van der Waals surface area contributed by atoms with Gasteiger partial charge in [-0.1, -0.05) is 0 Å². The molecule has 12 heteroatoms. The van der Waals surface area contributed by atoms with E-state index in [1.54, 1.807) is 4.98 Å². The number of aromatic amines is 1. The van der Waals surface area contributed by atoms with Gasteiger partial charge in [0.25, 0.3) is 5.56 Å². The van der Waals surface area contributed by atoms with Crippen LogP contribution in [0.3, 0.4) is 0 Å². The average molecular weight is 300 g/mol. The first-order chi connectivity index (χ1) is 9.41. The lowest BCUT2D eigenvalue weighted by molar-refractivity contribution is -0.222. The Bertz CT molecular complexity index is 689. The van der Waals surface area contributed by atoms with Crippen LogP contribution in [-0.2, 0) is 10.4 Å². The van der Waals surface area contributed by atoms with E-state index < -0.39 is 46.5 Å². The minimum Gasteiger partial charge on any atom is -0.402 e. The van der Waals surface area contributed by atoms with Crippen LogP contribution < -0.4 is 11.2 Å². The van der Waals surface area contributed by atoms with Crippen molar-refractivity contribution in [2.75, 3.05) is 0 Å². The highest BCUT2D eigenvalue weighted by Crippen LogP contribution is 2.44. The molecule has 7 nitrogen and oxygen atoms in total. The summed E-state index contributed by atoms with van der Waals surface area (Å²) in [7, 11) is 3.44. The van der Waals surface area contributed by atoms with Gasteiger partial charge in [0.2, 0.25) is 11.7 Å². The Kier molecular flexibility index (Phi) is 3.47. The number of alkyl halides is 1. The standard InChI is InChI=1S/C9H13B3F2N2O5/c10-8(16-2-3(13)5(18)15-6(16)19)4(17)1-7(14,21-8)9(11,12)20/h2,4,17,20H,1,10-12H2,(H,15,18,19)/t4-,7+,8+/m1/s1. The van der Waals surface area contributed by atoms with Crippen molar-refractivity contribution in [3.05, 3.63) is 32.9 Å². The highest BCUT2D eigenvalue weighted by Gasteiger charge is 2.60. The summed E-state index contributed by atoms with van der Waals surface area (Å²) < 4.78 is 33.6. The minimum absolute atomic E-state index is 0.528. The van der Waals surface area contributed by atoms with Gasteiger partial charge in [0, 0.05) is 6.42 Å². The first kappa shape index (κ1) is 16.0. The molecule has 0 saturated carbocycles. The molecule has 3 N–H and O–H groups in total. The van der Waals surface area contributed by atoms with Crippen LogP contribution in [0.4, 0.5) is 8.78 Å². The smallest absolute Gasteiger partial charge is 0.330 e. The largest absolute Gasteiger partial charge is 0.402 e. The summed E-state index contributed by atoms with van der Waals surface area (Å²) in [6.45, 7) is 0. The number of ether oxygens (including phenoxy) is 1. The number of aromatic nitrogens is 2. The van der Waals surface area contributed by atoms with Gasteiger partial charge in [-0.25, -0.2) is 9.18 Å². The van der Waals surface area contributed by atoms with Crippen LogP contribution in [0.5, 0.6) is 0 Å². The molecule has 1 saturated heterocycles. The molecule has 0 aromatic carbocycles. The Balaban J connectivity index is 2.57. The molecule has 112 valence electrons. The second-order valence-electron chi connectivity index (χ2n) is 5.77. The average Bonchev–Trinajstić information content (AvgIpc) is 2.55. The van der Waals surface area contributed by atoms with Crippen molar-refractivity contribution in [1.82, 2.24) is 9.55 Å². The van der Waals surface area contributed by atoms with Gasteiger partial charge in [-0.05, 0) is 0 Å². The van der Waals surface area contributed by atoms with E-state index in [1.165, 1.54) is 0 Å². The van der Waals surface area contributed by atoms with Gasteiger partial charge in [0.05, 0.1) is 17.7 Å². The van der Waals surface area contributed by atoms with Gasteiger partial charge >= 0.3 is 5.69 Å². The molecule has 1 aromatic rings. The Morgan fingerprint density at radius 1 is 1.52 bits per heavy atom. The van der Waals surface area contributed by atoms with Crippen molar-refractivity contribution in [2.24, 2.45) is 0 Å². The molecule has 3 atom stereocenters. The van der Waals surface area contributed by atoms with Gasteiger partial charge in [0.15, 0.2) is 7.85 Å². The van der Waals surface area contributed by atoms with E-state index >= 15 is 0 Å². The van der Waals surface area contributed by atoms with Gasteiger partial charge < -0.3 is 14.9 Å². The summed E-state index contributed by atoms with van der Waals surface area (Å²) in [5, 5.41) is 17.9. The fraction of sp³-hybridized carbons (Fsp3) is 0.556. The van der Waals surface area contributed by atoms with Gasteiger partial charge in [-0.2, -0.15) is 4.39 Å². The van der Waals surface area contributed by atoms with Crippen LogP contribution in [0.25, 0.3) is 0 Å². The quantitative estimate of drug-likeness (QED) is 0.476. The molecule has 0 aliphatic carbocycles. The van der Waals surface area contributed by atoms with E-state index in [2.05, 4.69) is 0 Å². The molecule has 21 heavy (non-hydrogen) atoms. The molecule has 0 bridgehead atoms. The molecular weight excluding hydrogens is 287 g/mol. The Labute approximate surface area is 120 Å². The van der Waals surface area contributed by atoms with Crippen LogP contribution in [0, 0.1) is 5.82 Å². The topological polar surface area (TPSA) is 105 Å². The lowest BCUT2D eigenvalue weighted by Crippen LogP contribution is -2.55. The number of hydrogen-bond donors (Lipinski definition) is 3. The molecule has 1 aliphatic heterocycles. The SMILES string of the molecule is BC(B)(O)[C@]1(F)C[C@@H](O)[C@](B)(n2cc(F)c(=O)[nH]c2=O)O1. The Hall–Kier alpha value is -1.39. The van der Waals surface area contributed by atoms with Crippen molar-refractivity contribution in [3.63, 3.8) is 0 Å². The molecule has 0 spiro atoms. The lowest BCUT2D eigenvalue weighted by Gasteiger charge is -2.36. The third-order valence-electron chi connectivity index (χ3n) is 3.73. The fourth-order valence-corrected chi connectivity index (χ4v) is 2.24. The molecule has 1 aliphatic rings. The maximum Gasteiger partial charge on any atom is 0.330 e. The zero-order chi connectivity index (χ0) is 16.2. The van der Waals surface area contributed by atoms with Crippen molar-refractivity contribution >= 4 is 23.5 Å². The summed E-state index contributed by atoms with van der Waals surface area (Å²) in [4.78, 5) is 24.5. The van der Waals surface area contributed by atoms with E-state index in [-0.39, 0.29) is 0 Å². The summed E-state index contributed by atoms with van der Waals surface area (Å²) >= 11 is 0. The first-order valence-corrected chi connectivity index (χ1v) is 6.22. The fourth-order valence-electron chi connectivity index (χ4n) is 2.24. The summed E-state index contributed by atoms with van der Waals surface area (Å²) in [5.74, 6) is -3.93. The third-order valence-corrected chi connectivity index (χ3v) is 3.73. The highest BCUT2D eigenvalue weighted by atomic mass is 19.2. The Morgan fingerprint density at radius 2 is 2.10 bits per heavy atom. The van der Waals surface area contributed by atoms with Crippen molar-refractivity contribution in [2.45, 2.75) is 29.4 Å². The number of aliphatic hydroxyl groups is 2. The number of hydrogen-bond acceptors (Lipinski definition) is 5. The van der Waals surface area contributed by atoms with E-state index in [9.17, 15) is 28.6 Å².